The molecule has 3 heteroatoms. The zero-order chi connectivity index (χ0) is 40.5. The standard InChI is InChI=1S/C58H40N2O/c1-57(2)47-22-10-6-18-41(47)44-33-32-40(34-51(44)57)59(37-16-4-3-5-17-37)38-28-30-39(31-29-38)60-53-26-14-9-21-45(53)46-35-52-56(36-54(46)60)61-55-27-15-13-25-50(55)58(52)48-23-11-7-19-42(48)43-20-8-12-24-49(43)58/h3-36H,1-2H3. The van der Waals surface area contributed by atoms with E-state index in [1.165, 1.54) is 66.4 Å². The van der Waals surface area contributed by atoms with Crippen LogP contribution in [0.5, 0.6) is 11.5 Å². The van der Waals surface area contributed by atoms with Gasteiger partial charge in [0.2, 0.25) is 0 Å². The summed E-state index contributed by atoms with van der Waals surface area (Å²) in [5.74, 6) is 1.78. The summed E-state index contributed by atoms with van der Waals surface area (Å²) in [4.78, 5) is 2.38. The summed E-state index contributed by atoms with van der Waals surface area (Å²) >= 11 is 0. The molecule has 0 bridgehead atoms. The Kier molecular flexibility index (Phi) is 6.99. The lowest BCUT2D eigenvalue weighted by Crippen LogP contribution is -2.32. The fourth-order valence-electron chi connectivity index (χ4n) is 11.2. The molecular weight excluding hydrogens is 741 g/mol. The first-order valence-corrected chi connectivity index (χ1v) is 21.3. The van der Waals surface area contributed by atoms with Crippen LogP contribution in [0.2, 0.25) is 0 Å². The molecule has 1 aromatic heterocycles. The zero-order valence-corrected chi connectivity index (χ0v) is 33.9. The van der Waals surface area contributed by atoms with Gasteiger partial charge in [-0.1, -0.05) is 147 Å². The number of fused-ring (bicyclic) bond motifs is 15. The second-order valence-electron chi connectivity index (χ2n) is 17.2. The first-order chi connectivity index (χ1) is 30.0. The van der Waals surface area contributed by atoms with E-state index in [1.807, 2.05) is 0 Å². The van der Waals surface area contributed by atoms with Crippen LogP contribution in [-0.4, -0.2) is 4.57 Å². The van der Waals surface area contributed by atoms with Gasteiger partial charge in [0.05, 0.1) is 16.4 Å². The number of benzene rings is 9. The molecule has 288 valence electrons. The molecule has 0 N–H and O–H groups in total. The number of anilines is 3. The second kappa shape index (κ2) is 12.5. The lowest BCUT2D eigenvalue weighted by atomic mass is 9.66. The van der Waals surface area contributed by atoms with E-state index in [0.29, 0.717) is 0 Å². The Morgan fingerprint density at radius 2 is 0.934 bits per heavy atom. The summed E-state index contributed by atoms with van der Waals surface area (Å²) in [7, 11) is 0. The molecule has 0 amide bonds. The van der Waals surface area contributed by atoms with Gasteiger partial charge in [-0.15, -0.1) is 0 Å². The summed E-state index contributed by atoms with van der Waals surface area (Å²) < 4.78 is 9.39. The number of rotatable bonds is 4. The molecule has 1 aliphatic heterocycles. The average Bonchev–Trinajstić information content (AvgIpc) is 3.87. The van der Waals surface area contributed by atoms with Gasteiger partial charge in [-0.3, -0.25) is 0 Å². The number of aromatic nitrogens is 1. The van der Waals surface area contributed by atoms with Crippen molar-refractivity contribution < 1.29 is 4.74 Å². The van der Waals surface area contributed by atoms with Gasteiger partial charge in [-0.2, -0.15) is 0 Å². The van der Waals surface area contributed by atoms with Gasteiger partial charge in [0.15, 0.2) is 0 Å². The zero-order valence-electron chi connectivity index (χ0n) is 33.9. The number of hydrogen-bond donors (Lipinski definition) is 0. The van der Waals surface area contributed by atoms with E-state index in [0.717, 1.165) is 45.3 Å². The Balaban J connectivity index is 0.989. The highest BCUT2D eigenvalue weighted by molar-refractivity contribution is 6.10. The van der Waals surface area contributed by atoms with Gasteiger partial charge in [-0.05, 0) is 111 Å². The van der Waals surface area contributed by atoms with Crippen molar-refractivity contribution in [1.29, 1.82) is 0 Å². The first kappa shape index (κ1) is 34.3. The molecule has 0 radical (unpaired) electrons. The van der Waals surface area contributed by atoms with Gasteiger partial charge in [0, 0.05) is 56.1 Å². The van der Waals surface area contributed by atoms with E-state index in [9.17, 15) is 0 Å². The van der Waals surface area contributed by atoms with Crippen molar-refractivity contribution in [1.82, 2.24) is 4.57 Å². The Morgan fingerprint density at radius 3 is 1.67 bits per heavy atom. The van der Waals surface area contributed by atoms with Crippen molar-refractivity contribution >= 4 is 38.9 Å². The molecule has 0 saturated carbocycles. The van der Waals surface area contributed by atoms with Crippen LogP contribution in [0.4, 0.5) is 17.1 Å². The molecular formula is C58H40N2O. The van der Waals surface area contributed by atoms with Gasteiger partial charge in [0.1, 0.15) is 11.5 Å². The smallest absolute Gasteiger partial charge is 0.134 e. The molecule has 0 unspecified atom stereocenters. The number of ether oxygens (including phenoxy) is 1. The molecule has 0 saturated heterocycles. The number of para-hydroxylation sites is 3. The maximum atomic E-state index is 6.98. The van der Waals surface area contributed by atoms with Crippen molar-refractivity contribution in [2.75, 3.05) is 4.90 Å². The van der Waals surface area contributed by atoms with Crippen LogP contribution in [-0.2, 0) is 10.8 Å². The van der Waals surface area contributed by atoms with Crippen LogP contribution in [0.1, 0.15) is 47.2 Å². The van der Waals surface area contributed by atoms with Gasteiger partial charge < -0.3 is 14.2 Å². The van der Waals surface area contributed by atoms with Crippen LogP contribution < -0.4 is 9.64 Å². The molecule has 2 heterocycles. The third kappa shape index (κ3) is 4.58. The van der Waals surface area contributed by atoms with E-state index < -0.39 is 5.41 Å². The minimum Gasteiger partial charge on any atom is -0.457 e. The maximum Gasteiger partial charge on any atom is 0.134 e. The second-order valence-corrected chi connectivity index (χ2v) is 17.2. The predicted octanol–water partition coefficient (Wildman–Crippen LogP) is 15.0. The Bertz CT molecular complexity index is 3380. The predicted molar refractivity (Wildman–Crippen MR) is 250 cm³/mol. The Morgan fingerprint density at radius 1 is 0.377 bits per heavy atom. The third-order valence-electron chi connectivity index (χ3n) is 13.8. The number of nitrogens with zero attached hydrogens (tertiary/aromatic N) is 2. The molecule has 2 aliphatic carbocycles. The minimum absolute atomic E-state index is 0.0974. The normalized spacial score (nSPS) is 14.5. The summed E-state index contributed by atoms with van der Waals surface area (Å²) in [5, 5.41) is 2.42. The first-order valence-electron chi connectivity index (χ1n) is 21.3. The van der Waals surface area contributed by atoms with Crippen LogP contribution in [0.25, 0.3) is 49.7 Å². The van der Waals surface area contributed by atoms with E-state index in [1.54, 1.807) is 0 Å². The molecule has 3 aliphatic rings. The average molecular weight is 781 g/mol. The van der Waals surface area contributed by atoms with Crippen molar-refractivity contribution in [2.24, 2.45) is 0 Å². The summed E-state index contributed by atoms with van der Waals surface area (Å²) in [5.41, 5.74) is 19.0. The lowest BCUT2D eigenvalue weighted by molar-refractivity contribution is 0.437. The fraction of sp³-hybridized carbons (Fsp3) is 0.0690. The van der Waals surface area contributed by atoms with E-state index in [4.69, 9.17) is 4.74 Å². The Hall–Kier alpha value is -7.62. The maximum absolute atomic E-state index is 6.98. The molecule has 13 rings (SSSR count). The third-order valence-corrected chi connectivity index (χ3v) is 13.8. The molecule has 3 nitrogen and oxygen atoms in total. The van der Waals surface area contributed by atoms with Gasteiger partial charge in [-0.25, -0.2) is 0 Å². The minimum atomic E-state index is -0.521. The topological polar surface area (TPSA) is 17.4 Å². The monoisotopic (exact) mass is 780 g/mol. The van der Waals surface area contributed by atoms with E-state index in [-0.39, 0.29) is 5.41 Å². The van der Waals surface area contributed by atoms with Gasteiger partial charge >= 0.3 is 0 Å². The van der Waals surface area contributed by atoms with E-state index in [2.05, 4.69) is 230 Å². The van der Waals surface area contributed by atoms with Crippen molar-refractivity contribution in [3.63, 3.8) is 0 Å². The van der Waals surface area contributed by atoms with Crippen LogP contribution in [0, 0.1) is 0 Å². The quantitative estimate of drug-likeness (QED) is 0.177. The molecule has 9 aromatic carbocycles. The highest BCUT2D eigenvalue weighted by Crippen LogP contribution is 2.62. The number of hydrogen-bond acceptors (Lipinski definition) is 2. The van der Waals surface area contributed by atoms with Crippen molar-refractivity contribution in [2.45, 2.75) is 24.7 Å². The van der Waals surface area contributed by atoms with Crippen LogP contribution >= 0.6 is 0 Å². The fourth-order valence-corrected chi connectivity index (χ4v) is 11.2. The molecule has 10 aromatic rings. The summed E-state index contributed by atoms with van der Waals surface area (Å²) in [6.45, 7) is 4.70. The van der Waals surface area contributed by atoms with Crippen LogP contribution in [0.3, 0.4) is 0 Å². The Labute approximate surface area is 355 Å². The van der Waals surface area contributed by atoms with Crippen molar-refractivity contribution in [3.05, 3.63) is 240 Å². The summed E-state index contributed by atoms with van der Waals surface area (Å²) in [6, 6.07) is 75.7. The molecule has 61 heavy (non-hydrogen) atoms. The molecule has 0 atom stereocenters. The molecule has 1 spiro atoms. The van der Waals surface area contributed by atoms with Gasteiger partial charge in [0.25, 0.3) is 0 Å². The highest BCUT2D eigenvalue weighted by atomic mass is 16.5. The highest BCUT2D eigenvalue weighted by Gasteiger charge is 2.51. The van der Waals surface area contributed by atoms with E-state index >= 15 is 0 Å². The summed E-state index contributed by atoms with van der Waals surface area (Å²) in [6.07, 6.45) is 0. The van der Waals surface area contributed by atoms with Crippen LogP contribution in [0.15, 0.2) is 206 Å². The largest absolute Gasteiger partial charge is 0.457 e. The SMILES string of the molecule is CC1(C)c2ccccc2-c2ccc(N(c3ccccc3)c3ccc(-n4c5ccccc5c5cc6c(cc54)Oc4ccccc4C64c5ccccc5-c5ccccc54)cc3)cc21. The molecule has 0 fully saturated rings. The lowest BCUT2D eigenvalue weighted by Gasteiger charge is -2.39. The van der Waals surface area contributed by atoms with Crippen molar-refractivity contribution in [3.8, 4) is 39.4 Å².